The summed E-state index contributed by atoms with van der Waals surface area (Å²) in [6.07, 6.45) is 2.36. The largest absolute Gasteiger partial charge is 0.386 e. The standard InChI is InChI=1S/C23H21F2N5O3S/c1-22(13-34(32,33)23(2,21(26)30-22)19-5-3-4-10-27-19)16-11-15(7-8-17(16)25)29-20(31)18-9-6-14(24)12-28-18/h3-12H,13H2,1-2H3,(H2,26,30)(H,29,31). The van der Waals surface area contributed by atoms with Gasteiger partial charge in [0.15, 0.2) is 14.6 Å². The lowest BCUT2D eigenvalue weighted by Gasteiger charge is -2.39. The van der Waals surface area contributed by atoms with Crippen LogP contribution in [-0.2, 0) is 20.1 Å². The highest BCUT2D eigenvalue weighted by Crippen LogP contribution is 2.42. The molecule has 0 radical (unpaired) electrons. The van der Waals surface area contributed by atoms with Crippen molar-refractivity contribution in [2.45, 2.75) is 24.1 Å². The van der Waals surface area contributed by atoms with Gasteiger partial charge in [-0.3, -0.25) is 14.8 Å². The lowest BCUT2D eigenvalue weighted by Crippen LogP contribution is -2.55. The number of aliphatic imine (C=N–C) groups is 1. The molecule has 8 nitrogen and oxygen atoms in total. The van der Waals surface area contributed by atoms with Gasteiger partial charge < -0.3 is 11.1 Å². The van der Waals surface area contributed by atoms with E-state index in [1.54, 1.807) is 18.2 Å². The maximum absolute atomic E-state index is 14.9. The van der Waals surface area contributed by atoms with Gasteiger partial charge in [-0.25, -0.2) is 22.2 Å². The van der Waals surface area contributed by atoms with Crippen LogP contribution in [0.15, 0.2) is 65.9 Å². The average Bonchev–Trinajstić information content (AvgIpc) is 2.79. The molecule has 3 aromatic rings. The molecule has 1 aliphatic rings. The molecule has 0 saturated heterocycles. The first-order valence-corrected chi connectivity index (χ1v) is 11.8. The highest BCUT2D eigenvalue weighted by atomic mass is 32.2. The van der Waals surface area contributed by atoms with Crippen LogP contribution in [0.1, 0.15) is 35.6 Å². The summed E-state index contributed by atoms with van der Waals surface area (Å²) in [5.41, 5.74) is 4.91. The molecule has 0 spiro atoms. The number of amidine groups is 1. The molecule has 3 heterocycles. The molecule has 0 fully saturated rings. The van der Waals surface area contributed by atoms with Crippen molar-refractivity contribution in [3.63, 3.8) is 0 Å². The van der Waals surface area contributed by atoms with E-state index in [4.69, 9.17) is 5.73 Å². The zero-order chi connectivity index (χ0) is 24.7. The van der Waals surface area contributed by atoms with Gasteiger partial charge in [0, 0.05) is 17.4 Å². The molecule has 34 heavy (non-hydrogen) atoms. The Kier molecular flexibility index (Phi) is 5.68. The van der Waals surface area contributed by atoms with Gasteiger partial charge in [0.1, 0.15) is 28.7 Å². The minimum atomic E-state index is -4.00. The molecule has 1 aliphatic heterocycles. The fraction of sp³-hybridized carbons (Fsp3) is 0.217. The number of sulfone groups is 1. The van der Waals surface area contributed by atoms with Gasteiger partial charge in [0.2, 0.25) is 0 Å². The Hall–Kier alpha value is -3.73. The molecular weight excluding hydrogens is 464 g/mol. The number of hydrogen-bond donors (Lipinski definition) is 2. The second kappa shape index (κ2) is 8.24. The molecule has 3 N–H and O–H groups in total. The maximum Gasteiger partial charge on any atom is 0.274 e. The van der Waals surface area contributed by atoms with Crippen molar-refractivity contribution in [3.8, 4) is 0 Å². The van der Waals surface area contributed by atoms with Crippen molar-refractivity contribution < 1.29 is 22.0 Å². The third-order valence-electron chi connectivity index (χ3n) is 5.87. The number of pyridine rings is 2. The molecule has 0 aliphatic carbocycles. The molecule has 11 heteroatoms. The lowest BCUT2D eigenvalue weighted by atomic mass is 9.92. The third-order valence-corrected chi connectivity index (χ3v) is 8.47. The van der Waals surface area contributed by atoms with E-state index in [0.717, 1.165) is 18.3 Å². The van der Waals surface area contributed by atoms with Crippen LogP contribution < -0.4 is 11.1 Å². The summed E-state index contributed by atoms with van der Waals surface area (Å²) in [6, 6.07) is 10.8. The van der Waals surface area contributed by atoms with Crippen molar-refractivity contribution in [2.24, 2.45) is 10.7 Å². The first-order valence-electron chi connectivity index (χ1n) is 10.2. The molecule has 2 aromatic heterocycles. The van der Waals surface area contributed by atoms with E-state index in [1.165, 1.54) is 38.2 Å². The summed E-state index contributed by atoms with van der Waals surface area (Å²) in [7, 11) is -4.00. The number of nitrogens with one attached hydrogen (secondary N) is 1. The van der Waals surface area contributed by atoms with Gasteiger partial charge in [-0.1, -0.05) is 6.07 Å². The van der Waals surface area contributed by atoms with Crippen molar-refractivity contribution in [1.29, 1.82) is 0 Å². The predicted molar refractivity (Wildman–Crippen MR) is 123 cm³/mol. The SMILES string of the molecule is CC1(c2cc(NC(=O)c3ccc(F)cn3)ccc2F)CS(=O)(=O)C(C)(c2ccccn2)C(N)=N1. The van der Waals surface area contributed by atoms with E-state index >= 15 is 0 Å². The Bertz CT molecular complexity index is 1400. The van der Waals surface area contributed by atoms with Crippen LogP contribution >= 0.6 is 0 Å². The number of hydrogen-bond acceptors (Lipinski definition) is 7. The second-order valence-corrected chi connectivity index (χ2v) is 10.6. The first kappa shape index (κ1) is 23.4. The molecule has 2 unspecified atom stereocenters. The monoisotopic (exact) mass is 485 g/mol. The molecule has 2 atom stereocenters. The fourth-order valence-electron chi connectivity index (χ4n) is 3.87. The quantitative estimate of drug-likeness (QED) is 0.585. The molecule has 1 aromatic carbocycles. The van der Waals surface area contributed by atoms with Gasteiger partial charge in [-0.15, -0.1) is 0 Å². The smallest absolute Gasteiger partial charge is 0.274 e. The number of carbonyl (C=O) groups is 1. The van der Waals surface area contributed by atoms with Gasteiger partial charge >= 0.3 is 0 Å². The molecule has 0 bridgehead atoms. The summed E-state index contributed by atoms with van der Waals surface area (Å²) in [6.45, 7) is 2.88. The van der Waals surface area contributed by atoms with E-state index in [0.29, 0.717) is 0 Å². The van der Waals surface area contributed by atoms with Crippen molar-refractivity contribution in [3.05, 3.63) is 89.5 Å². The summed E-state index contributed by atoms with van der Waals surface area (Å²) in [5, 5.41) is 2.55. The molecule has 176 valence electrons. The summed E-state index contributed by atoms with van der Waals surface area (Å²) in [5.74, 6) is -2.72. The Morgan fingerprint density at radius 3 is 2.47 bits per heavy atom. The van der Waals surface area contributed by atoms with Crippen LogP contribution in [-0.4, -0.2) is 35.9 Å². The van der Waals surface area contributed by atoms with Gasteiger partial charge in [-0.2, -0.15) is 0 Å². The van der Waals surface area contributed by atoms with Crippen molar-refractivity contribution in [2.75, 3.05) is 11.1 Å². The minimum absolute atomic E-state index is 0.0490. The zero-order valence-corrected chi connectivity index (χ0v) is 19.1. The number of halogens is 2. The van der Waals surface area contributed by atoms with E-state index < -0.39 is 43.4 Å². The number of nitrogens with two attached hydrogens (primary N) is 1. The van der Waals surface area contributed by atoms with Crippen LogP contribution in [0.3, 0.4) is 0 Å². The van der Waals surface area contributed by atoms with Crippen LogP contribution in [0.4, 0.5) is 14.5 Å². The van der Waals surface area contributed by atoms with E-state index in [2.05, 4.69) is 20.3 Å². The third kappa shape index (κ3) is 3.92. The summed E-state index contributed by atoms with van der Waals surface area (Å²) in [4.78, 5) is 24.7. The predicted octanol–water partition coefficient (Wildman–Crippen LogP) is 2.92. The number of amides is 1. The number of rotatable bonds is 4. The number of aromatic nitrogens is 2. The normalized spacial score (nSPS) is 23.7. The highest BCUT2D eigenvalue weighted by Gasteiger charge is 2.54. The molecule has 0 saturated carbocycles. The first-order chi connectivity index (χ1) is 16.0. The maximum atomic E-state index is 14.9. The number of anilines is 1. The number of nitrogens with zero attached hydrogens (tertiary/aromatic N) is 3. The van der Waals surface area contributed by atoms with Crippen LogP contribution in [0.25, 0.3) is 0 Å². The summed E-state index contributed by atoms with van der Waals surface area (Å²) >= 11 is 0. The van der Waals surface area contributed by atoms with Crippen LogP contribution in [0, 0.1) is 11.6 Å². The van der Waals surface area contributed by atoms with E-state index in [9.17, 15) is 22.0 Å². The molecule has 1 amide bonds. The topological polar surface area (TPSA) is 127 Å². The Morgan fingerprint density at radius 2 is 1.85 bits per heavy atom. The zero-order valence-electron chi connectivity index (χ0n) is 18.3. The Labute approximate surface area is 194 Å². The lowest BCUT2D eigenvalue weighted by molar-refractivity contribution is 0.102. The average molecular weight is 486 g/mol. The second-order valence-electron chi connectivity index (χ2n) is 8.29. The number of carbonyl (C=O) groups excluding carboxylic acids is 1. The minimum Gasteiger partial charge on any atom is -0.386 e. The highest BCUT2D eigenvalue weighted by molar-refractivity contribution is 7.93. The van der Waals surface area contributed by atoms with Crippen molar-refractivity contribution in [1.82, 2.24) is 9.97 Å². The molecule has 4 rings (SSSR count). The van der Waals surface area contributed by atoms with E-state index in [1.807, 2.05) is 0 Å². The van der Waals surface area contributed by atoms with Gasteiger partial charge in [0.05, 0.1) is 17.6 Å². The van der Waals surface area contributed by atoms with E-state index in [-0.39, 0.29) is 28.5 Å². The van der Waals surface area contributed by atoms with Gasteiger partial charge in [0.25, 0.3) is 5.91 Å². The Morgan fingerprint density at radius 1 is 1.09 bits per heavy atom. The number of benzene rings is 1. The Balaban J connectivity index is 1.73. The summed E-state index contributed by atoms with van der Waals surface area (Å²) < 4.78 is 53.2. The van der Waals surface area contributed by atoms with Gasteiger partial charge in [-0.05, 0) is 56.3 Å². The fourth-order valence-corrected chi connectivity index (χ4v) is 5.93. The molecular formula is C23H21F2N5O3S. The van der Waals surface area contributed by atoms with Crippen LogP contribution in [0.5, 0.6) is 0 Å². The van der Waals surface area contributed by atoms with Crippen molar-refractivity contribution >= 4 is 27.3 Å². The van der Waals surface area contributed by atoms with Crippen LogP contribution in [0.2, 0.25) is 0 Å².